The van der Waals surface area contributed by atoms with Crippen molar-refractivity contribution in [3.8, 4) is 0 Å². The molecule has 0 saturated heterocycles. The minimum absolute atomic E-state index is 0.356. The number of aliphatic hydroxyl groups is 1. The molecular formula is C11H15NOS2. The fourth-order valence-corrected chi connectivity index (χ4v) is 3.53. The van der Waals surface area contributed by atoms with E-state index >= 15 is 0 Å². The Kier molecular flexibility index (Phi) is 3.49. The number of aryl methyl sites for hydroxylation is 1. The second-order valence-corrected chi connectivity index (χ2v) is 5.62. The maximum Gasteiger partial charge on any atom is 0.0985 e. The van der Waals surface area contributed by atoms with Crippen LogP contribution < -0.4 is 0 Å². The van der Waals surface area contributed by atoms with Gasteiger partial charge in [0.15, 0.2) is 0 Å². The van der Waals surface area contributed by atoms with Crippen molar-refractivity contribution in [1.82, 2.24) is 0 Å². The number of thioether (sulfide) groups is 1. The van der Waals surface area contributed by atoms with E-state index in [4.69, 9.17) is 0 Å². The van der Waals surface area contributed by atoms with E-state index in [1.165, 1.54) is 10.4 Å². The van der Waals surface area contributed by atoms with E-state index in [0.29, 0.717) is 0 Å². The van der Waals surface area contributed by atoms with Crippen molar-refractivity contribution in [1.29, 1.82) is 0 Å². The summed E-state index contributed by atoms with van der Waals surface area (Å²) in [6.07, 6.45) is 3.93. The molecule has 0 amide bonds. The number of rotatable bonds is 1. The highest BCUT2D eigenvalue weighted by atomic mass is 32.2. The molecule has 0 aromatic carbocycles. The lowest BCUT2D eigenvalue weighted by atomic mass is 10.2. The molecule has 0 saturated carbocycles. The first-order chi connectivity index (χ1) is 7.22. The molecular weight excluding hydrogens is 226 g/mol. The van der Waals surface area contributed by atoms with Crippen LogP contribution in [0.15, 0.2) is 11.1 Å². The minimum Gasteiger partial charge on any atom is -0.388 e. The van der Waals surface area contributed by atoms with Gasteiger partial charge in [-0.05, 0) is 32.1 Å². The molecule has 15 heavy (non-hydrogen) atoms. The average molecular weight is 241 g/mol. The van der Waals surface area contributed by atoms with Gasteiger partial charge in [-0.2, -0.15) is 0 Å². The number of hydrogen-bond donors (Lipinski definition) is 1. The number of fused-ring (bicyclic) bond motifs is 1. The van der Waals surface area contributed by atoms with E-state index in [-0.39, 0.29) is 6.10 Å². The van der Waals surface area contributed by atoms with Crippen LogP contribution in [0.2, 0.25) is 0 Å². The number of thiophene rings is 1. The summed E-state index contributed by atoms with van der Waals surface area (Å²) in [5.41, 5.74) is 1.25. The molecule has 1 aliphatic rings. The van der Waals surface area contributed by atoms with Crippen LogP contribution in [0.4, 0.5) is 0 Å². The summed E-state index contributed by atoms with van der Waals surface area (Å²) >= 11 is 3.43. The molecule has 1 atom stereocenters. The van der Waals surface area contributed by atoms with Crippen LogP contribution in [0.25, 0.3) is 0 Å². The highest BCUT2D eigenvalue weighted by Gasteiger charge is 2.17. The van der Waals surface area contributed by atoms with Gasteiger partial charge in [-0.25, -0.2) is 0 Å². The van der Waals surface area contributed by atoms with Crippen LogP contribution in [0.5, 0.6) is 0 Å². The van der Waals surface area contributed by atoms with Gasteiger partial charge in [0.25, 0.3) is 0 Å². The fourth-order valence-electron chi connectivity index (χ4n) is 1.70. The summed E-state index contributed by atoms with van der Waals surface area (Å²) < 4.78 is 0. The Bertz CT molecular complexity index is 382. The van der Waals surface area contributed by atoms with Crippen LogP contribution >= 0.6 is 23.1 Å². The molecule has 0 radical (unpaired) electrons. The van der Waals surface area contributed by atoms with E-state index in [2.05, 4.69) is 17.3 Å². The van der Waals surface area contributed by atoms with Crippen molar-refractivity contribution in [2.24, 2.45) is 4.99 Å². The van der Waals surface area contributed by atoms with E-state index in [0.717, 1.165) is 29.3 Å². The van der Waals surface area contributed by atoms with Crippen molar-refractivity contribution in [2.45, 2.75) is 25.9 Å². The first kappa shape index (κ1) is 11.2. The van der Waals surface area contributed by atoms with Gasteiger partial charge in [0.1, 0.15) is 0 Å². The van der Waals surface area contributed by atoms with Crippen molar-refractivity contribution in [3.05, 3.63) is 21.4 Å². The topological polar surface area (TPSA) is 32.6 Å². The third-order valence-electron chi connectivity index (χ3n) is 2.48. The van der Waals surface area contributed by atoms with Crippen LogP contribution in [-0.2, 0) is 6.42 Å². The Hall–Kier alpha value is -0.320. The molecule has 2 heterocycles. The summed E-state index contributed by atoms with van der Waals surface area (Å²) in [5, 5.41) is 10.7. The SMILES string of the molecule is CSC1=NCCCc2sc(C(C)O)cc21. The Balaban J connectivity index is 2.42. The molecule has 2 rings (SSSR count). The normalized spacial score (nSPS) is 17.9. The fraction of sp³-hybridized carbons (Fsp3) is 0.545. The third-order valence-corrected chi connectivity index (χ3v) is 4.58. The van der Waals surface area contributed by atoms with Gasteiger partial charge in [-0.1, -0.05) is 0 Å². The Morgan fingerprint density at radius 1 is 1.60 bits per heavy atom. The van der Waals surface area contributed by atoms with E-state index in [1.54, 1.807) is 23.1 Å². The van der Waals surface area contributed by atoms with Gasteiger partial charge >= 0.3 is 0 Å². The minimum atomic E-state index is -0.356. The van der Waals surface area contributed by atoms with Gasteiger partial charge in [-0.3, -0.25) is 4.99 Å². The van der Waals surface area contributed by atoms with Gasteiger partial charge in [0, 0.05) is 21.9 Å². The van der Waals surface area contributed by atoms with Crippen molar-refractivity contribution in [2.75, 3.05) is 12.8 Å². The molecule has 0 spiro atoms. The summed E-state index contributed by atoms with van der Waals surface area (Å²) in [4.78, 5) is 7.00. The molecule has 1 N–H and O–H groups in total. The predicted molar refractivity (Wildman–Crippen MR) is 68.2 cm³/mol. The zero-order valence-corrected chi connectivity index (χ0v) is 10.6. The van der Waals surface area contributed by atoms with Gasteiger partial charge in [0.2, 0.25) is 0 Å². The lowest BCUT2D eigenvalue weighted by Gasteiger charge is -1.99. The molecule has 0 fully saturated rings. The van der Waals surface area contributed by atoms with Crippen LogP contribution in [0, 0.1) is 0 Å². The highest BCUT2D eigenvalue weighted by molar-refractivity contribution is 8.13. The second kappa shape index (κ2) is 4.68. The number of aliphatic hydroxyl groups excluding tert-OH is 1. The van der Waals surface area contributed by atoms with E-state index in [9.17, 15) is 5.11 Å². The summed E-state index contributed by atoms with van der Waals surface area (Å²) in [6.45, 7) is 2.75. The summed E-state index contributed by atoms with van der Waals surface area (Å²) in [6, 6.07) is 2.10. The molecule has 2 nitrogen and oxygen atoms in total. The first-order valence-corrected chi connectivity index (χ1v) is 7.16. The Morgan fingerprint density at radius 3 is 3.07 bits per heavy atom. The standard InChI is InChI=1S/C11H15NOS2/c1-7(13)10-6-8-9(15-10)4-3-5-12-11(8)14-2/h6-7,13H,3-5H2,1-2H3. The predicted octanol–water partition coefficient (Wildman–Crippen LogP) is 2.86. The molecule has 0 bridgehead atoms. The zero-order chi connectivity index (χ0) is 10.8. The number of aliphatic imine (C=N–C) groups is 1. The maximum absolute atomic E-state index is 9.57. The largest absolute Gasteiger partial charge is 0.388 e. The van der Waals surface area contributed by atoms with E-state index < -0.39 is 0 Å². The smallest absolute Gasteiger partial charge is 0.0985 e. The van der Waals surface area contributed by atoms with Crippen LogP contribution in [0.1, 0.15) is 34.8 Å². The molecule has 1 aliphatic heterocycles. The zero-order valence-electron chi connectivity index (χ0n) is 8.99. The molecule has 1 unspecified atom stereocenters. The summed E-state index contributed by atoms with van der Waals surface area (Å²) in [5.74, 6) is 0. The quantitative estimate of drug-likeness (QED) is 0.820. The molecule has 1 aromatic heterocycles. The van der Waals surface area contributed by atoms with Crippen molar-refractivity contribution >= 4 is 28.1 Å². The van der Waals surface area contributed by atoms with Gasteiger partial charge in [-0.15, -0.1) is 23.1 Å². The Morgan fingerprint density at radius 2 is 2.40 bits per heavy atom. The van der Waals surface area contributed by atoms with Gasteiger partial charge in [0.05, 0.1) is 11.1 Å². The third kappa shape index (κ3) is 2.27. The molecule has 4 heteroatoms. The monoisotopic (exact) mass is 241 g/mol. The van der Waals surface area contributed by atoms with Crippen LogP contribution in [-0.4, -0.2) is 23.0 Å². The maximum atomic E-state index is 9.57. The lowest BCUT2D eigenvalue weighted by Crippen LogP contribution is -1.94. The van der Waals surface area contributed by atoms with E-state index in [1.807, 2.05) is 6.92 Å². The van der Waals surface area contributed by atoms with Crippen molar-refractivity contribution in [3.63, 3.8) is 0 Å². The second-order valence-electron chi connectivity index (χ2n) is 3.66. The van der Waals surface area contributed by atoms with Crippen LogP contribution in [0.3, 0.4) is 0 Å². The number of hydrogen-bond acceptors (Lipinski definition) is 4. The van der Waals surface area contributed by atoms with Crippen molar-refractivity contribution < 1.29 is 5.11 Å². The number of nitrogens with zero attached hydrogens (tertiary/aromatic N) is 1. The lowest BCUT2D eigenvalue weighted by molar-refractivity contribution is 0.203. The highest BCUT2D eigenvalue weighted by Crippen LogP contribution is 2.32. The Labute approximate surface area is 98.4 Å². The van der Waals surface area contributed by atoms with Gasteiger partial charge < -0.3 is 5.11 Å². The molecule has 0 aliphatic carbocycles. The summed E-state index contributed by atoms with van der Waals surface area (Å²) in [7, 11) is 0. The molecule has 82 valence electrons. The average Bonchev–Trinajstić information content (AvgIpc) is 2.54. The first-order valence-electron chi connectivity index (χ1n) is 5.12. The molecule has 1 aromatic rings.